The van der Waals surface area contributed by atoms with Crippen molar-refractivity contribution in [3.8, 4) is 5.69 Å². The van der Waals surface area contributed by atoms with Gasteiger partial charge in [0.25, 0.3) is 0 Å². The molecular formula is C21H28FIN6O. The largest absolute Gasteiger partial charge is 0.356 e. The zero-order valence-corrected chi connectivity index (χ0v) is 19.4. The van der Waals surface area contributed by atoms with E-state index in [2.05, 4.69) is 25.6 Å². The molecule has 7 nitrogen and oxygen atoms in total. The molecule has 2 fully saturated rings. The molecule has 2 N–H and O–H groups in total. The van der Waals surface area contributed by atoms with E-state index in [1.54, 1.807) is 23.9 Å². The summed E-state index contributed by atoms with van der Waals surface area (Å²) < 4.78 is 14.8. The Kier molecular flexibility index (Phi) is 7.32. The maximum absolute atomic E-state index is 13.1. The van der Waals surface area contributed by atoms with Crippen LogP contribution < -0.4 is 10.6 Å². The molecule has 2 aliphatic rings. The summed E-state index contributed by atoms with van der Waals surface area (Å²) in [5.41, 5.74) is 1.83. The number of rotatable bonds is 4. The lowest BCUT2D eigenvalue weighted by Crippen LogP contribution is -2.51. The Bertz CT molecular complexity index is 899. The summed E-state index contributed by atoms with van der Waals surface area (Å²) in [5, 5.41) is 11.0. The fourth-order valence-electron chi connectivity index (χ4n) is 4.30. The predicted octanol–water partition coefficient (Wildman–Crippen LogP) is 2.35. The zero-order chi connectivity index (χ0) is 20.3. The standard InChI is InChI=1S/C21H27FN6O.HI/c1-23-20(27-11-2-9-21(15-27)13-19(29)25-14-21)24-10-7-17-8-12-28(26-17)18-5-3-16(22)4-6-18;/h3-6,8,12H,2,7,9-11,13-15H2,1H3,(H,23,24)(H,25,29);1H. The van der Waals surface area contributed by atoms with Crippen LogP contribution in [-0.2, 0) is 11.2 Å². The van der Waals surface area contributed by atoms with E-state index in [-0.39, 0.29) is 41.1 Å². The number of nitrogens with one attached hydrogen (secondary N) is 2. The Morgan fingerprint density at radius 3 is 2.83 bits per heavy atom. The fourth-order valence-corrected chi connectivity index (χ4v) is 4.30. The summed E-state index contributed by atoms with van der Waals surface area (Å²) in [6, 6.07) is 8.25. The second-order valence-corrected chi connectivity index (χ2v) is 7.93. The number of hydrogen-bond donors (Lipinski definition) is 2. The van der Waals surface area contributed by atoms with Crippen LogP contribution in [0.4, 0.5) is 4.39 Å². The minimum absolute atomic E-state index is 0. The topological polar surface area (TPSA) is 74.6 Å². The number of halogens is 2. The van der Waals surface area contributed by atoms with Crippen LogP contribution in [0.3, 0.4) is 0 Å². The molecule has 2 aromatic rings. The van der Waals surface area contributed by atoms with Crippen LogP contribution in [0.5, 0.6) is 0 Å². The van der Waals surface area contributed by atoms with Gasteiger partial charge in [-0.15, -0.1) is 24.0 Å². The number of hydrogen-bond acceptors (Lipinski definition) is 3. The summed E-state index contributed by atoms with van der Waals surface area (Å²) in [6.45, 7) is 3.29. The second kappa shape index (κ2) is 9.76. The highest BCUT2D eigenvalue weighted by atomic mass is 127. The lowest BCUT2D eigenvalue weighted by molar-refractivity contribution is -0.119. The van der Waals surface area contributed by atoms with Gasteiger partial charge in [-0.3, -0.25) is 9.79 Å². The van der Waals surface area contributed by atoms with E-state index >= 15 is 0 Å². The van der Waals surface area contributed by atoms with Gasteiger partial charge in [0, 0.05) is 57.7 Å². The number of aliphatic imine (C=N–C) groups is 1. The van der Waals surface area contributed by atoms with Crippen molar-refractivity contribution in [2.75, 3.05) is 33.2 Å². The Hall–Kier alpha value is -2.17. The molecule has 0 saturated carbocycles. The van der Waals surface area contributed by atoms with E-state index in [1.807, 2.05) is 12.3 Å². The normalized spacial score (nSPS) is 21.5. The number of carbonyl (C=O) groups is 1. The third kappa shape index (κ3) is 5.11. The molecular weight excluding hydrogens is 498 g/mol. The van der Waals surface area contributed by atoms with Gasteiger partial charge in [-0.05, 0) is 43.2 Å². The van der Waals surface area contributed by atoms with Gasteiger partial charge in [-0.25, -0.2) is 9.07 Å². The van der Waals surface area contributed by atoms with Gasteiger partial charge >= 0.3 is 0 Å². The number of carbonyl (C=O) groups excluding carboxylic acids is 1. The quantitative estimate of drug-likeness (QED) is 0.365. The lowest BCUT2D eigenvalue weighted by Gasteiger charge is -2.40. The number of aromatic nitrogens is 2. The van der Waals surface area contributed by atoms with E-state index < -0.39 is 0 Å². The lowest BCUT2D eigenvalue weighted by atomic mass is 9.79. The monoisotopic (exact) mass is 526 g/mol. The van der Waals surface area contributed by atoms with Crippen molar-refractivity contribution in [2.24, 2.45) is 10.4 Å². The Morgan fingerprint density at radius 2 is 2.13 bits per heavy atom. The van der Waals surface area contributed by atoms with Gasteiger partial charge in [0.15, 0.2) is 5.96 Å². The molecule has 1 spiro atoms. The van der Waals surface area contributed by atoms with Gasteiger partial charge in [0.1, 0.15) is 5.82 Å². The second-order valence-electron chi connectivity index (χ2n) is 7.93. The van der Waals surface area contributed by atoms with Crippen LogP contribution in [0.25, 0.3) is 5.69 Å². The highest BCUT2D eigenvalue weighted by Crippen LogP contribution is 2.35. The molecule has 1 amide bonds. The molecule has 0 radical (unpaired) electrons. The van der Waals surface area contributed by atoms with Gasteiger partial charge in [-0.1, -0.05) is 0 Å². The van der Waals surface area contributed by atoms with Crippen molar-refractivity contribution >= 4 is 35.8 Å². The molecule has 1 unspecified atom stereocenters. The Morgan fingerprint density at radius 1 is 1.33 bits per heavy atom. The smallest absolute Gasteiger partial charge is 0.220 e. The third-order valence-corrected chi connectivity index (χ3v) is 5.77. The first-order valence-corrected chi connectivity index (χ1v) is 10.1. The van der Waals surface area contributed by atoms with Gasteiger partial charge in [0.2, 0.25) is 5.91 Å². The average Bonchev–Trinajstić information content (AvgIpc) is 3.33. The van der Waals surface area contributed by atoms with Gasteiger partial charge in [0.05, 0.1) is 11.4 Å². The molecule has 9 heteroatoms. The SMILES string of the molecule is CN=C(NCCc1ccn(-c2ccc(F)cc2)n1)N1CCCC2(CNC(=O)C2)C1.I. The van der Waals surface area contributed by atoms with E-state index in [0.29, 0.717) is 13.0 Å². The summed E-state index contributed by atoms with van der Waals surface area (Å²) in [6.07, 6.45) is 5.40. The molecule has 2 saturated heterocycles. The first kappa shape index (κ1) is 22.5. The summed E-state index contributed by atoms with van der Waals surface area (Å²) >= 11 is 0. The van der Waals surface area contributed by atoms with Crippen molar-refractivity contribution in [3.63, 3.8) is 0 Å². The molecule has 1 atom stereocenters. The van der Waals surface area contributed by atoms with E-state index in [9.17, 15) is 9.18 Å². The molecule has 162 valence electrons. The maximum Gasteiger partial charge on any atom is 0.220 e. The van der Waals surface area contributed by atoms with Gasteiger partial charge < -0.3 is 15.5 Å². The van der Waals surface area contributed by atoms with E-state index in [1.165, 1.54) is 12.1 Å². The molecule has 1 aromatic carbocycles. The zero-order valence-electron chi connectivity index (χ0n) is 17.1. The minimum atomic E-state index is -0.256. The first-order chi connectivity index (χ1) is 14.1. The number of piperidine rings is 1. The minimum Gasteiger partial charge on any atom is -0.356 e. The van der Waals surface area contributed by atoms with Crippen molar-refractivity contribution in [3.05, 3.63) is 48.0 Å². The number of guanidine groups is 1. The van der Waals surface area contributed by atoms with Crippen LogP contribution in [0.15, 0.2) is 41.5 Å². The summed E-state index contributed by atoms with van der Waals surface area (Å²) in [5.74, 6) is 0.780. The summed E-state index contributed by atoms with van der Waals surface area (Å²) in [7, 11) is 1.80. The molecule has 0 bridgehead atoms. The number of benzene rings is 1. The van der Waals surface area contributed by atoms with Crippen molar-refractivity contribution in [2.45, 2.75) is 25.7 Å². The average molecular weight is 526 g/mol. The predicted molar refractivity (Wildman–Crippen MR) is 125 cm³/mol. The summed E-state index contributed by atoms with van der Waals surface area (Å²) in [4.78, 5) is 18.4. The first-order valence-electron chi connectivity index (χ1n) is 10.1. The van der Waals surface area contributed by atoms with Crippen LogP contribution in [0.1, 0.15) is 25.0 Å². The van der Waals surface area contributed by atoms with Crippen LogP contribution in [-0.4, -0.2) is 59.8 Å². The van der Waals surface area contributed by atoms with Crippen molar-refractivity contribution in [1.29, 1.82) is 0 Å². The Balaban J connectivity index is 0.00000256. The molecule has 30 heavy (non-hydrogen) atoms. The molecule has 2 aliphatic heterocycles. The third-order valence-electron chi connectivity index (χ3n) is 5.77. The van der Waals surface area contributed by atoms with Gasteiger partial charge in [-0.2, -0.15) is 5.10 Å². The van der Waals surface area contributed by atoms with E-state index in [4.69, 9.17) is 0 Å². The van der Waals surface area contributed by atoms with Crippen molar-refractivity contribution in [1.82, 2.24) is 25.3 Å². The van der Waals surface area contributed by atoms with E-state index in [0.717, 1.165) is 56.2 Å². The fraction of sp³-hybridized carbons (Fsp3) is 0.476. The number of likely N-dealkylation sites (tertiary alicyclic amines) is 1. The number of amides is 1. The molecule has 3 heterocycles. The number of nitrogens with zero attached hydrogens (tertiary/aromatic N) is 4. The van der Waals surface area contributed by atoms with Crippen LogP contribution >= 0.6 is 24.0 Å². The highest BCUT2D eigenvalue weighted by Gasteiger charge is 2.42. The van der Waals surface area contributed by atoms with Crippen LogP contribution in [0, 0.1) is 11.2 Å². The van der Waals surface area contributed by atoms with Crippen molar-refractivity contribution < 1.29 is 9.18 Å². The molecule has 1 aromatic heterocycles. The Labute approximate surface area is 193 Å². The molecule has 4 rings (SSSR count). The molecule has 0 aliphatic carbocycles. The highest BCUT2D eigenvalue weighted by molar-refractivity contribution is 14.0. The van der Waals surface area contributed by atoms with Crippen LogP contribution in [0.2, 0.25) is 0 Å². The maximum atomic E-state index is 13.1.